The quantitative estimate of drug-likeness (QED) is 0.486. The molecular formula is C21H16Cl2N6O3. The first kappa shape index (κ1) is 21.6. The second-order valence-corrected chi connectivity index (χ2v) is 8.06. The number of methoxy groups -OCH3 is 1. The van der Waals surface area contributed by atoms with Crippen molar-refractivity contribution in [1.29, 1.82) is 5.26 Å². The Labute approximate surface area is 191 Å². The highest BCUT2D eigenvalue weighted by molar-refractivity contribution is 6.38. The molecule has 1 N–H and O–H groups in total. The van der Waals surface area contributed by atoms with Crippen LogP contribution in [-0.2, 0) is 0 Å². The Hall–Kier alpha value is -3.61. The molecule has 0 unspecified atom stereocenters. The number of aromatic amines is 1. The summed E-state index contributed by atoms with van der Waals surface area (Å²) in [4.78, 5) is 30.3. The fourth-order valence-corrected chi connectivity index (χ4v) is 4.07. The van der Waals surface area contributed by atoms with Crippen LogP contribution in [0.2, 0.25) is 10.0 Å². The van der Waals surface area contributed by atoms with Crippen molar-refractivity contribution in [2.24, 2.45) is 0 Å². The summed E-state index contributed by atoms with van der Waals surface area (Å²) in [7, 11) is 1.61. The number of hydrogen-bond donors (Lipinski definition) is 1. The van der Waals surface area contributed by atoms with Crippen molar-refractivity contribution in [3.05, 3.63) is 72.7 Å². The first-order chi connectivity index (χ1) is 15.2. The first-order valence-corrected chi connectivity index (χ1v) is 10.2. The van der Waals surface area contributed by atoms with Crippen LogP contribution in [0.5, 0.6) is 5.75 Å². The SMILES string of the molecule is COc1cc2ncn(-c3c(Cl)cc(-n4nc(C#N)c(=O)[nH]c4=O)cc3Cl)c2cc1C(C)C. The highest BCUT2D eigenvalue weighted by Crippen LogP contribution is 2.36. The van der Waals surface area contributed by atoms with Crippen LogP contribution >= 0.6 is 23.2 Å². The third-order valence-electron chi connectivity index (χ3n) is 4.94. The standard InChI is InChI=1S/C21H16Cl2N6O3/c1-10(2)12-6-17-15(7-18(12)32-3)25-9-28(17)19-13(22)4-11(5-14(19)23)29-21(31)26-20(30)16(8-24)27-29/h4-7,9-10H,1-3H3,(H,26,30,31). The molecule has 0 aliphatic carbocycles. The van der Waals surface area contributed by atoms with Crippen molar-refractivity contribution in [1.82, 2.24) is 24.3 Å². The summed E-state index contributed by atoms with van der Waals surface area (Å²) in [5.74, 6) is 0.945. The number of fused-ring (bicyclic) bond motifs is 1. The van der Waals surface area contributed by atoms with E-state index < -0.39 is 16.9 Å². The molecule has 11 heteroatoms. The van der Waals surface area contributed by atoms with E-state index in [9.17, 15) is 9.59 Å². The number of benzene rings is 2. The van der Waals surface area contributed by atoms with Gasteiger partial charge in [0.1, 0.15) is 18.1 Å². The second-order valence-electron chi connectivity index (χ2n) is 7.24. The third kappa shape index (κ3) is 3.53. The van der Waals surface area contributed by atoms with Gasteiger partial charge in [-0.05, 0) is 29.7 Å². The highest BCUT2D eigenvalue weighted by atomic mass is 35.5. The molecule has 32 heavy (non-hydrogen) atoms. The molecule has 2 heterocycles. The van der Waals surface area contributed by atoms with Gasteiger partial charge in [0, 0.05) is 6.07 Å². The number of hydrogen-bond acceptors (Lipinski definition) is 6. The zero-order valence-electron chi connectivity index (χ0n) is 17.2. The number of halogens is 2. The van der Waals surface area contributed by atoms with E-state index in [-0.39, 0.29) is 21.7 Å². The van der Waals surface area contributed by atoms with Gasteiger partial charge >= 0.3 is 5.69 Å². The number of rotatable bonds is 4. The van der Waals surface area contributed by atoms with Gasteiger partial charge in [-0.2, -0.15) is 9.94 Å². The molecule has 0 radical (unpaired) electrons. The first-order valence-electron chi connectivity index (χ1n) is 9.43. The van der Waals surface area contributed by atoms with E-state index in [1.807, 2.05) is 17.1 Å². The molecular weight excluding hydrogens is 455 g/mol. The van der Waals surface area contributed by atoms with Crippen LogP contribution in [0.15, 0.2) is 40.2 Å². The average Bonchev–Trinajstić information content (AvgIpc) is 3.14. The Morgan fingerprint density at radius 1 is 1.16 bits per heavy atom. The number of ether oxygens (including phenoxy) is 1. The van der Waals surface area contributed by atoms with Gasteiger partial charge in [-0.1, -0.05) is 37.0 Å². The van der Waals surface area contributed by atoms with Gasteiger partial charge in [0.2, 0.25) is 5.69 Å². The Balaban J connectivity index is 1.92. The van der Waals surface area contributed by atoms with Gasteiger partial charge in [-0.25, -0.2) is 9.78 Å². The maximum atomic E-state index is 12.2. The lowest BCUT2D eigenvalue weighted by molar-refractivity contribution is 0.408. The lowest BCUT2D eigenvalue weighted by atomic mass is 10.0. The number of H-pyrrole nitrogens is 1. The predicted octanol–water partition coefficient (Wildman–Crippen LogP) is 3.57. The minimum Gasteiger partial charge on any atom is -0.496 e. The Morgan fingerprint density at radius 2 is 1.84 bits per heavy atom. The molecule has 0 aliphatic heterocycles. The molecule has 2 aromatic heterocycles. The van der Waals surface area contributed by atoms with Gasteiger partial charge in [-0.15, -0.1) is 5.10 Å². The van der Waals surface area contributed by atoms with Gasteiger partial charge in [0.05, 0.1) is 39.6 Å². The molecule has 0 aliphatic rings. The van der Waals surface area contributed by atoms with Crippen molar-refractivity contribution in [2.75, 3.05) is 7.11 Å². The van der Waals surface area contributed by atoms with E-state index in [0.717, 1.165) is 21.5 Å². The third-order valence-corrected chi connectivity index (χ3v) is 5.52. The summed E-state index contributed by atoms with van der Waals surface area (Å²) in [6, 6.07) is 8.39. The summed E-state index contributed by atoms with van der Waals surface area (Å²) < 4.78 is 8.10. The van der Waals surface area contributed by atoms with Crippen LogP contribution in [0.4, 0.5) is 0 Å². The monoisotopic (exact) mass is 470 g/mol. The number of imidazole rings is 1. The van der Waals surface area contributed by atoms with Gasteiger partial charge in [-0.3, -0.25) is 14.3 Å². The number of nitrogens with one attached hydrogen (secondary N) is 1. The maximum Gasteiger partial charge on any atom is 0.349 e. The van der Waals surface area contributed by atoms with Crippen molar-refractivity contribution < 1.29 is 4.74 Å². The normalized spacial score (nSPS) is 11.2. The number of nitriles is 1. The molecule has 162 valence electrons. The molecule has 0 bridgehead atoms. The lowest BCUT2D eigenvalue weighted by Gasteiger charge is -2.15. The fourth-order valence-electron chi connectivity index (χ4n) is 3.41. The number of aromatic nitrogens is 5. The van der Waals surface area contributed by atoms with Gasteiger partial charge in [0.25, 0.3) is 5.56 Å². The zero-order valence-corrected chi connectivity index (χ0v) is 18.7. The molecule has 0 saturated heterocycles. The predicted molar refractivity (Wildman–Crippen MR) is 120 cm³/mol. The summed E-state index contributed by atoms with van der Waals surface area (Å²) in [5.41, 5.74) is 0.958. The molecule has 9 nitrogen and oxygen atoms in total. The summed E-state index contributed by atoms with van der Waals surface area (Å²) >= 11 is 13.1. The lowest BCUT2D eigenvalue weighted by Crippen LogP contribution is -2.33. The topological polar surface area (TPSA) is 119 Å². The Morgan fingerprint density at radius 3 is 2.44 bits per heavy atom. The molecule has 0 amide bonds. The number of nitrogens with zero attached hydrogens (tertiary/aromatic N) is 5. The average molecular weight is 471 g/mol. The summed E-state index contributed by atoms with van der Waals surface area (Å²) in [5, 5.41) is 13.3. The minimum absolute atomic E-state index is 0.190. The van der Waals surface area contributed by atoms with Crippen LogP contribution in [-0.4, -0.2) is 31.4 Å². The Bertz CT molecular complexity index is 1500. The highest BCUT2D eigenvalue weighted by Gasteiger charge is 2.18. The molecule has 4 rings (SSSR count). The van der Waals surface area contributed by atoms with Crippen molar-refractivity contribution in [3.63, 3.8) is 0 Å². The van der Waals surface area contributed by atoms with Crippen molar-refractivity contribution in [3.8, 4) is 23.2 Å². The van der Waals surface area contributed by atoms with Crippen LogP contribution < -0.4 is 16.0 Å². The molecule has 0 atom stereocenters. The molecule has 4 aromatic rings. The van der Waals surface area contributed by atoms with E-state index in [1.165, 1.54) is 12.1 Å². The molecule has 0 fully saturated rings. The van der Waals surface area contributed by atoms with E-state index in [4.69, 9.17) is 33.2 Å². The van der Waals surface area contributed by atoms with E-state index in [0.29, 0.717) is 11.2 Å². The minimum atomic E-state index is -0.871. The van der Waals surface area contributed by atoms with Gasteiger partial charge in [0.15, 0.2) is 0 Å². The zero-order chi connectivity index (χ0) is 23.2. The van der Waals surface area contributed by atoms with Crippen LogP contribution in [0, 0.1) is 11.3 Å². The molecule has 2 aromatic carbocycles. The summed E-state index contributed by atoms with van der Waals surface area (Å²) in [6.45, 7) is 4.12. The van der Waals surface area contributed by atoms with E-state index in [1.54, 1.807) is 24.1 Å². The second kappa shape index (κ2) is 8.15. The van der Waals surface area contributed by atoms with Crippen molar-refractivity contribution >= 4 is 34.2 Å². The van der Waals surface area contributed by atoms with Gasteiger partial charge < -0.3 is 4.74 Å². The largest absolute Gasteiger partial charge is 0.496 e. The molecule has 0 saturated carbocycles. The molecule has 0 spiro atoms. The Kier molecular flexibility index (Phi) is 5.50. The van der Waals surface area contributed by atoms with Crippen LogP contribution in [0.1, 0.15) is 31.0 Å². The fraction of sp³-hybridized carbons (Fsp3) is 0.190. The van der Waals surface area contributed by atoms with E-state index >= 15 is 0 Å². The van der Waals surface area contributed by atoms with Crippen molar-refractivity contribution in [2.45, 2.75) is 19.8 Å². The van der Waals surface area contributed by atoms with Crippen LogP contribution in [0.25, 0.3) is 22.4 Å². The summed E-state index contributed by atoms with van der Waals surface area (Å²) in [6.07, 6.45) is 1.60. The maximum absolute atomic E-state index is 12.2. The smallest absolute Gasteiger partial charge is 0.349 e. The van der Waals surface area contributed by atoms with Crippen LogP contribution in [0.3, 0.4) is 0 Å². The van der Waals surface area contributed by atoms with E-state index in [2.05, 4.69) is 23.9 Å².